The Balaban J connectivity index is 3.60. The van der Waals surface area contributed by atoms with E-state index in [1.54, 1.807) is 0 Å². The maximum absolute atomic E-state index is 11.1. The van der Waals surface area contributed by atoms with Crippen molar-refractivity contribution >= 4 is 21.4 Å². The molecule has 0 aliphatic carbocycles. The molecule has 88 valence electrons. The molecule has 9 heteroatoms. The zero-order valence-corrected chi connectivity index (χ0v) is 9.02. The van der Waals surface area contributed by atoms with Crippen molar-refractivity contribution in [3.63, 3.8) is 0 Å². The lowest BCUT2D eigenvalue weighted by Crippen LogP contribution is -2.14. The molecule has 1 aromatic carbocycles. The van der Waals surface area contributed by atoms with Crippen molar-refractivity contribution in [3.05, 3.63) is 22.2 Å². The molecule has 0 spiro atoms. The fraction of sp³-hybridized carbons (Fsp3) is 0.143. The van der Waals surface area contributed by atoms with E-state index in [1.165, 1.54) is 7.11 Å². The number of anilines is 1. The van der Waals surface area contributed by atoms with Crippen molar-refractivity contribution in [1.29, 1.82) is 0 Å². The van der Waals surface area contributed by atoms with Gasteiger partial charge in [-0.25, -0.2) is 13.6 Å². The van der Waals surface area contributed by atoms with Crippen LogP contribution in [0.3, 0.4) is 0 Å². The maximum Gasteiger partial charge on any atom is 0.293 e. The number of methoxy groups -OCH3 is 1. The Morgan fingerprint density at radius 2 is 2.00 bits per heavy atom. The molecule has 0 bridgehead atoms. The average Bonchev–Trinajstić information content (AvgIpc) is 2.14. The SMILES string of the molecule is COc1cc(N)c([N+](=O)[O-])cc1S(N)(=O)=O. The van der Waals surface area contributed by atoms with Gasteiger partial charge >= 0.3 is 0 Å². The molecule has 0 heterocycles. The average molecular weight is 247 g/mol. The van der Waals surface area contributed by atoms with Gasteiger partial charge < -0.3 is 10.5 Å². The third-order valence-corrected chi connectivity index (χ3v) is 2.75. The second-order valence-electron chi connectivity index (χ2n) is 2.86. The number of nitro benzene ring substituents is 1. The van der Waals surface area contributed by atoms with Crippen LogP contribution in [0.4, 0.5) is 11.4 Å². The number of nitrogen functional groups attached to an aromatic ring is 1. The molecule has 0 aliphatic rings. The van der Waals surface area contributed by atoms with Crippen LogP contribution in [0.15, 0.2) is 17.0 Å². The number of ether oxygens (including phenoxy) is 1. The molecule has 0 amide bonds. The minimum Gasteiger partial charge on any atom is -0.495 e. The highest BCUT2D eigenvalue weighted by atomic mass is 32.2. The van der Waals surface area contributed by atoms with Crippen molar-refractivity contribution in [2.75, 3.05) is 12.8 Å². The first-order chi connectivity index (χ1) is 7.27. The van der Waals surface area contributed by atoms with Gasteiger partial charge in [0.05, 0.1) is 12.0 Å². The number of nitrogens with two attached hydrogens (primary N) is 2. The minimum absolute atomic E-state index is 0.134. The summed E-state index contributed by atoms with van der Waals surface area (Å²) in [6, 6.07) is 1.81. The molecule has 8 nitrogen and oxygen atoms in total. The van der Waals surface area contributed by atoms with Crippen molar-refractivity contribution in [2.24, 2.45) is 5.14 Å². The van der Waals surface area contributed by atoms with Gasteiger partial charge in [0.15, 0.2) is 0 Å². The summed E-state index contributed by atoms with van der Waals surface area (Å²) in [5, 5.41) is 15.4. The van der Waals surface area contributed by atoms with Gasteiger partial charge in [0.25, 0.3) is 5.69 Å². The zero-order valence-electron chi connectivity index (χ0n) is 8.21. The van der Waals surface area contributed by atoms with Gasteiger partial charge in [0, 0.05) is 12.1 Å². The molecule has 0 unspecified atom stereocenters. The summed E-state index contributed by atoms with van der Waals surface area (Å²) in [7, 11) is -2.90. The van der Waals surface area contributed by atoms with E-state index in [9.17, 15) is 18.5 Å². The smallest absolute Gasteiger partial charge is 0.293 e. The van der Waals surface area contributed by atoms with E-state index in [0.29, 0.717) is 0 Å². The number of rotatable bonds is 3. The predicted molar refractivity (Wildman–Crippen MR) is 55.4 cm³/mol. The molecule has 0 saturated carbocycles. The standard InChI is InChI=1S/C7H9N3O5S/c1-15-6-2-4(8)5(10(11)12)3-7(6)16(9,13)14/h2-3H,8H2,1H3,(H2,9,13,14). The third-order valence-electron chi connectivity index (χ3n) is 1.82. The Kier molecular flexibility index (Phi) is 3.01. The van der Waals surface area contributed by atoms with Crippen LogP contribution in [0.1, 0.15) is 0 Å². The number of sulfonamides is 1. The van der Waals surface area contributed by atoms with Crippen LogP contribution in [0.25, 0.3) is 0 Å². The Morgan fingerprint density at radius 1 is 1.44 bits per heavy atom. The number of hydrogen-bond acceptors (Lipinski definition) is 6. The van der Waals surface area contributed by atoms with Gasteiger partial charge in [-0.1, -0.05) is 0 Å². The van der Waals surface area contributed by atoms with Crippen molar-refractivity contribution in [3.8, 4) is 5.75 Å². The molecule has 0 aromatic heterocycles. The lowest BCUT2D eigenvalue weighted by atomic mass is 10.2. The summed E-state index contributed by atoms with van der Waals surface area (Å²) in [4.78, 5) is 9.27. The lowest BCUT2D eigenvalue weighted by Gasteiger charge is -2.07. The molecular weight excluding hydrogens is 238 g/mol. The molecule has 0 fully saturated rings. The molecule has 0 atom stereocenters. The number of hydrogen-bond donors (Lipinski definition) is 2. The lowest BCUT2D eigenvalue weighted by molar-refractivity contribution is -0.384. The number of benzene rings is 1. The summed E-state index contributed by atoms with van der Waals surface area (Å²) in [5.41, 5.74) is 4.62. The molecule has 1 rings (SSSR count). The normalized spacial score (nSPS) is 11.1. The summed E-state index contributed by atoms with van der Waals surface area (Å²) < 4.78 is 27.0. The van der Waals surface area contributed by atoms with Gasteiger partial charge in [-0.3, -0.25) is 10.1 Å². The first kappa shape index (κ1) is 12.2. The second-order valence-corrected chi connectivity index (χ2v) is 4.39. The van der Waals surface area contributed by atoms with Crippen LogP contribution in [0, 0.1) is 10.1 Å². The zero-order chi connectivity index (χ0) is 12.5. The summed E-state index contributed by atoms with van der Waals surface area (Å²) in [6.07, 6.45) is 0. The van der Waals surface area contributed by atoms with Gasteiger partial charge in [-0.05, 0) is 0 Å². The van der Waals surface area contributed by atoms with Crippen LogP contribution >= 0.6 is 0 Å². The van der Waals surface area contributed by atoms with Crippen LogP contribution in [-0.2, 0) is 10.0 Å². The Hall–Kier alpha value is -1.87. The molecule has 0 radical (unpaired) electrons. The van der Waals surface area contributed by atoms with Crippen molar-refractivity contribution in [2.45, 2.75) is 4.90 Å². The molecule has 16 heavy (non-hydrogen) atoms. The molecular formula is C7H9N3O5S. The molecule has 0 aliphatic heterocycles. The Labute approximate surface area is 91.0 Å². The number of primary sulfonamides is 1. The van der Waals surface area contributed by atoms with Crippen LogP contribution in [0.2, 0.25) is 0 Å². The summed E-state index contributed by atoms with van der Waals surface area (Å²) >= 11 is 0. The highest BCUT2D eigenvalue weighted by molar-refractivity contribution is 7.89. The molecule has 1 aromatic rings. The topological polar surface area (TPSA) is 139 Å². The van der Waals surface area contributed by atoms with Crippen molar-refractivity contribution in [1.82, 2.24) is 0 Å². The summed E-state index contributed by atoms with van der Waals surface area (Å²) in [5.74, 6) is -0.134. The third kappa shape index (κ3) is 2.20. The highest BCUT2D eigenvalue weighted by Crippen LogP contribution is 2.32. The van der Waals surface area contributed by atoms with Crippen LogP contribution < -0.4 is 15.6 Å². The van der Waals surface area contributed by atoms with Gasteiger partial charge in [0.1, 0.15) is 16.3 Å². The van der Waals surface area contributed by atoms with E-state index in [0.717, 1.165) is 12.1 Å². The first-order valence-electron chi connectivity index (χ1n) is 3.92. The maximum atomic E-state index is 11.1. The molecule has 0 saturated heterocycles. The van der Waals surface area contributed by atoms with E-state index in [1.807, 2.05) is 0 Å². The second kappa shape index (κ2) is 3.94. The first-order valence-corrected chi connectivity index (χ1v) is 5.46. The Morgan fingerprint density at radius 3 is 2.38 bits per heavy atom. The van der Waals surface area contributed by atoms with Gasteiger partial charge in [-0.15, -0.1) is 0 Å². The van der Waals surface area contributed by atoms with E-state index in [4.69, 9.17) is 15.6 Å². The minimum atomic E-state index is -4.10. The number of nitrogens with zero attached hydrogens (tertiary/aromatic N) is 1. The number of nitro groups is 1. The van der Waals surface area contributed by atoms with Gasteiger partial charge in [-0.2, -0.15) is 0 Å². The Bertz CT molecular complexity index is 539. The monoisotopic (exact) mass is 247 g/mol. The van der Waals surface area contributed by atoms with Crippen LogP contribution in [-0.4, -0.2) is 20.5 Å². The van der Waals surface area contributed by atoms with Crippen LogP contribution in [0.5, 0.6) is 5.75 Å². The van der Waals surface area contributed by atoms with Gasteiger partial charge in [0.2, 0.25) is 10.0 Å². The summed E-state index contributed by atoms with van der Waals surface area (Å²) in [6.45, 7) is 0. The predicted octanol–water partition coefficient (Wildman–Crippen LogP) is -0.167. The van der Waals surface area contributed by atoms with E-state index < -0.39 is 25.5 Å². The fourth-order valence-electron chi connectivity index (χ4n) is 1.10. The van der Waals surface area contributed by atoms with Crippen molar-refractivity contribution < 1.29 is 18.1 Å². The van der Waals surface area contributed by atoms with E-state index >= 15 is 0 Å². The quantitative estimate of drug-likeness (QED) is 0.432. The van der Waals surface area contributed by atoms with E-state index in [2.05, 4.69) is 0 Å². The highest BCUT2D eigenvalue weighted by Gasteiger charge is 2.22. The fourth-order valence-corrected chi connectivity index (χ4v) is 1.80. The largest absolute Gasteiger partial charge is 0.495 e. The van der Waals surface area contributed by atoms with E-state index in [-0.39, 0.29) is 11.4 Å². The molecule has 4 N–H and O–H groups in total.